The van der Waals surface area contributed by atoms with E-state index in [0.717, 1.165) is 25.2 Å². The van der Waals surface area contributed by atoms with E-state index in [1.807, 2.05) is 6.07 Å². The van der Waals surface area contributed by atoms with Gasteiger partial charge in [0.25, 0.3) is 0 Å². The first-order valence-electron chi connectivity index (χ1n) is 9.14. The Morgan fingerprint density at radius 1 is 1.21 bits per heavy atom. The van der Waals surface area contributed by atoms with Crippen LogP contribution >= 0.6 is 12.4 Å². The average Bonchev–Trinajstić information content (AvgIpc) is 2.67. The van der Waals surface area contributed by atoms with Crippen LogP contribution in [0.25, 0.3) is 0 Å². The number of nitrogens with one attached hydrogen (secondary N) is 2. The molecule has 7 heteroatoms. The maximum absolute atomic E-state index is 13.6. The van der Waals surface area contributed by atoms with Gasteiger partial charge in [-0.25, -0.2) is 4.39 Å². The summed E-state index contributed by atoms with van der Waals surface area (Å²) in [5.41, 5.74) is 2.21. The zero-order chi connectivity index (χ0) is 19.2. The molecule has 1 heterocycles. The first-order valence-corrected chi connectivity index (χ1v) is 9.14. The van der Waals surface area contributed by atoms with Crippen LogP contribution in [0.3, 0.4) is 0 Å². The first kappa shape index (κ1) is 22.0. The number of piperazine rings is 1. The van der Waals surface area contributed by atoms with Crippen LogP contribution in [0, 0.1) is 5.82 Å². The fourth-order valence-corrected chi connectivity index (χ4v) is 3.31. The number of halogens is 2. The van der Waals surface area contributed by atoms with E-state index >= 15 is 0 Å². The summed E-state index contributed by atoms with van der Waals surface area (Å²) in [6.45, 7) is 4.50. The maximum atomic E-state index is 13.6. The third kappa shape index (κ3) is 5.86. The normalized spacial score (nSPS) is 16.9. The fourth-order valence-electron chi connectivity index (χ4n) is 3.31. The Labute approximate surface area is 170 Å². The highest BCUT2D eigenvalue weighted by Gasteiger charge is 2.24. The van der Waals surface area contributed by atoms with E-state index in [0.29, 0.717) is 24.2 Å². The van der Waals surface area contributed by atoms with E-state index in [-0.39, 0.29) is 36.0 Å². The molecule has 1 aliphatic heterocycles. The SMILES string of the molecule is CC(=O)c1ccc(NC(=O)CCN2CCNCC2c2cccc(F)c2)cc1.Cl. The molecule has 1 amide bonds. The molecule has 1 saturated heterocycles. The van der Waals surface area contributed by atoms with Crippen molar-refractivity contribution in [3.8, 4) is 0 Å². The Hall–Kier alpha value is -2.28. The predicted molar refractivity (Wildman–Crippen MR) is 111 cm³/mol. The van der Waals surface area contributed by atoms with Crippen molar-refractivity contribution < 1.29 is 14.0 Å². The van der Waals surface area contributed by atoms with E-state index in [2.05, 4.69) is 15.5 Å². The van der Waals surface area contributed by atoms with Gasteiger partial charge in [0.2, 0.25) is 5.91 Å². The number of hydrogen-bond donors (Lipinski definition) is 2. The summed E-state index contributed by atoms with van der Waals surface area (Å²) in [6.07, 6.45) is 0.347. The summed E-state index contributed by atoms with van der Waals surface area (Å²) in [6, 6.07) is 13.6. The zero-order valence-corrected chi connectivity index (χ0v) is 16.6. The zero-order valence-electron chi connectivity index (χ0n) is 15.8. The summed E-state index contributed by atoms with van der Waals surface area (Å²) >= 11 is 0. The van der Waals surface area contributed by atoms with Gasteiger partial charge in [-0.05, 0) is 48.9 Å². The van der Waals surface area contributed by atoms with Crippen LogP contribution in [0.4, 0.5) is 10.1 Å². The Balaban J connectivity index is 0.00000280. The summed E-state index contributed by atoms with van der Waals surface area (Å²) in [5.74, 6) is -0.332. The van der Waals surface area contributed by atoms with E-state index in [4.69, 9.17) is 0 Å². The van der Waals surface area contributed by atoms with Crippen LogP contribution in [0.1, 0.15) is 35.3 Å². The lowest BCUT2D eigenvalue weighted by atomic mass is 10.0. The molecule has 0 spiro atoms. The molecule has 2 N–H and O–H groups in total. The van der Waals surface area contributed by atoms with Gasteiger partial charge in [-0.3, -0.25) is 14.5 Å². The minimum atomic E-state index is -0.246. The van der Waals surface area contributed by atoms with Gasteiger partial charge in [0.05, 0.1) is 0 Å². The molecule has 1 unspecified atom stereocenters. The number of nitrogens with zero attached hydrogens (tertiary/aromatic N) is 1. The molecular weight excluding hydrogens is 381 g/mol. The number of ketones is 1. The Morgan fingerprint density at radius 3 is 2.64 bits per heavy atom. The molecule has 5 nitrogen and oxygen atoms in total. The Kier molecular flexibility index (Phi) is 8.11. The van der Waals surface area contributed by atoms with Crippen molar-refractivity contribution in [2.45, 2.75) is 19.4 Å². The highest BCUT2D eigenvalue weighted by Crippen LogP contribution is 2.23. The van der Waals surface area contributed by atoms with Gasteiger partial charge in [-0.2, -0.15) is 0 Å². The minimum Gasteiger partial charge on any atom is -0.326 e. The quantitative estimate of drug-likeness (QED) is 0.723. The lowest BCUT2D eigenvalue weighted by Gasteiger charge is -2.36. The van der Waals surface area contributed by atoms with E-state index in [9.17, 15) is 14.0 Å². The monoisotopic (exact) mass is 405 g/mol. The van der Waals surface area contributed by atoms with Crippen LogP contribution in [-0.4, -0.2) is 42.8 Å². The number of hydrogen-bond acceptors (Lipinski definition) is 4. The number of Topliss-reactive ketones (excluding diaryl/α,β-unsaturated/α-hetero) is 1. The van der Waals surface area contributed by atoms with Gasteiger partial charge in [-0.1, -0.05) is 12.1 Å². The summed E-state index contributed by atoms with van der Waals surface area (Å²) in [5, 5.41) is 6.19. The topological polar surface area (TPSA) is 61.4 Å². The molecule has 0 aliphatic carbocycles. The van der Waals surface area contributed by atoms with Gasteiger partial charge < -0.3 is 10.6 Å². The molecule has 2 aromatic rings. The van der Waals surface area contributed by atoms with Crippen molar-refractivity contribution in [1.82, 2.24) is 10.2 Å². The molecule has 0 bridgehead atoms. The second kappa shape index (κ2) is 10.3. The molecule has 0 aromatic heterocycles. The molecular formula is C21H25ClFN3O2. The number of benzene rings is 2. The molecule has 0 radical (unpaired) electrons. The Bertz CT molecular complexity index is 814. The lowest BCUT2D eigenvalue weighted by Crippen LogP contribution is -2.46. The number of amides is 1. The lowest BCUT2D eigenvalue weighted by molar-refractivity contribution is -0.116. The average molecular weight is 406 g/mol. The standard InChI is InChI=1S/C21H24FN3O2.ClH/c1-15(26)16-5-7-19(8-6-16)24-21(27)9-11-25-12-10-23-14-20(25)17-3-2-4-18(22)13-17;/h2-8,13,20,23H,9-12,14H2,1H3,(H,24,27);1H. The third-order valence-electron chi connectivity index (χ3n) is 4.79. The molecule has 1 aliphatic rings. The second-order valence-corrected chi connectivity index (χ2v) is 6.74. The summed E-state index contributed by atoms with van der Waals surface area (Å²) in [7, 11) is 0. The third-order valence-corrected chi connectivity index (χ3v) is 4.79. The van der Waals surface area contributed by atoms with Crippen LogP contribution in [-0.2, 0) is 4.79 Å². The van der Waals surface area contributed by atoms with E-state index < -0.39 is 0 Å². The van der Waals surface area contributed by atoms with E-state index in [1.165, 1.54) is 13.0 Å². The predicted octanol–water partition coefficient (Wildman–Crippen LogP) is 3.43. The minimum absolute atomic E-state index is 0. The van der Waals surface area contributed by atoms with Crippen LogP contribution in [0.2, 0.25) is 0 Å². The number of carbonyl (C=O) groups is 2. The largest absolute Gasteiger partial charge is 0.326 e. The summed E-state index contributed by atoms with van der Waals surface area (Å²) in [4.78, 5) is 25.8. The molecule has 1 atom stereocenters. The number of anilines is 1. The van der Waals surface area contributed by atoms with Crippen molar-refractivity contribution >= 4 is 29.8 Å². The van der Waals surface area contributed by atoms with Crippen LogP contribution in [0.5, 0.6) is 0 Å². The molecule has 0 saturated carbocycles. The number of rotatable bonds is 6. The number of carbonyl (C=O) groups excluding carboxylic acids is 2. The molecule has 1 fully saturated rings. The van der Waals surface area contributed by atoms with Crippen molar-refractivity contribution in [2.24, 2.45) is 0 Å². The molecule has 150 valence electrons. The van der Waals surface area contributed by atoms with Gasteiger partial charge in [0, 0.05) is 49.9 Å². The van der Waals surface area contributed by atoms with E-state index in [1.54, 1.807) is 36.4 Å². The smallest absolute Gasteiger partial charge is 0.225 e. The summed E-state index contributed by atoms with van der Waals surface area (Å²) < 4.78 is 13.6. The highest BCUT2D eigenvalue weighted by atomic mass is 35.5. The van der Waals surface area contributed by atoms with Crippen molar-refractivity contribution in [3.05, 3.63) is 65.5 Å². The fraction of sp³-hybridized carbons (Fsp3) is 0.333. The van der Waals surface area contributed by atoms with Crippen molar-refractivity contribution in [2.75, 3.05) is 31.5 Å². The van der Waals surface area contributed by atoms with Crippen molar-refractivity contribution in [3.63, 3.8) is 0 Å². The van der Waals surface area contributed by atoms with Crippen molar-refractivity contribution in [1.29, 1.82) is 0 Å². The van der Waals surface area contributed by atoms with Crippen LogP contribution < -0.4 is 10.6 Å². The van der Waals surface area contributed by atoms with Gasteiger partial charge in [0.1, 0.15) is 5.82 Å². The van der Waals surface area contributed by atoms with Gasteiger partial charge in [-0.15, -0.1) is 12.4 Å². The molecule has 2 aromatic carbocycles. The Morgan fingerprint density at radius 2 is 1.96 bits per heavy atom. The van der Waals surface area contributed by atoms with Gasteiger partial charge >= 0.3 is 0 Å². The first-order chi connectivity index (χ1) is 13.0. The second-order valence-electron chi connectivity index (χ2n) is 6.74. The highest BCUT2D eigenvalue weighted by molar-refractivity contribution is 5.95. The maximum Gasteiger partial charge on any atom is 0.225 e. The molecule has 3 rings (SSSR count). The van der Waals surface area contributed by atoms with Gasteiger partial charge in [0.15, 0.2) is 5.78 Å². The van der Waals surface area contributed by atoms with Crippen LogP contribution in [0.15, 0.2) is 48.5 Å². The molecule has 28 heavy (non-hydrogen) atoms.